The molecule has 1 aromatic carbocycles. The molecule has 116 valence electrons. The molecule has 0 aliphatic heterocycles. The number of carbonyl (C=O) groups is 1. The molecule has 0 aliphatic carbocycles. The molecule has 0 bridgehead atoms. The molecular weight excluding hydrogens is 298 g/mol. The Morgan fingerprint density at radius 1 is 1.52 bits per heavy atom. The Hall–Kier alpha value is -1.86. The van der Waals surface area contributed by atoms with E-state index in [-0.39, 0.29) is 33.9 Å². The van der Waals surface area contributed by atoms with Crippen molar-refractivity contribution in [1.82, 2.24) is 5.32 Å². The van der Waals surface area contributed by atoms with E-state index < -0.39 is 10.8 Å². The van der Waals surface area contributed by atoms with Crippen LogP contribution in [0.2, 0.25) is 5.02 Å². The van der Waals surface area contributed by atoms with Gasteiger partial charge in [-0.2, -0.15) is 0 Å². The average Bonchev–Trinajstić information content (AvgIpc) is 2.40. The molecule has 0 saturated carbocycles. The number of halogens is 1. The maximum Gasteiger partial charge on any atom is 0.294 e. The SMILES string of the molecule is COCC(NC(=O)c1cc(Cl)c(N)c([N+](=O)[O-])c1)C(C)C. The minimum Gasteiger partial charge on any atom is -0.392 e. The van der Waals surface area contributed by atoms with Crippen molar-refractivity contribution in [3.05, 3.63) is 32.8 Å². The number of nitro benzene ring substituents is 1. The molecule has 1 rings (SSSR count). The Kier molecular flexibility index (Phi) is 5.92. The number of hydrogen-bond acceptors (Lipinski definition) is 5. The predicted molar refractivity (Wildman–Crippen MR) is 80.5 cm³/mol. The summed E-state index contributed by atoms with van der Waals surface area (Å²) in [5.41, 5.74) is 5.06. The van der Waals surface area contributed by atoms with Gasteiger partial charge >= 0.3 is 0 Å². The number of rotatable bonds is 6. The van der Waals surface area contributed by atoms with Gasteiger partial charge in [0.05, 0.1) is 22.6 Å². The molecule has 0 heterocycles. The fourth-order valence-electron chi connectivity index (χ4n) is 1.72. The maximum absolute atomic E-state index is 12.2. The Morgan fingerprint density at radius 3 is 2.62 bits per heavy atom. The Morgan fingerprint density at radius 2 is 2.14 bits per heavy atom. The molecular formula is C13H18ClN3O4. The highest BCUT2D eigenvalue weighted by Crippen LogP contribution is 2.30. The van der Waals surface area contributed by atoms with E-state index in [2.05, 4.69) is 5.32 Å². The molecule has 1 amide bonds. The summed E-state index contributed by atoms with van der Waals surface area (Å²) in [5.74, 6) is -0.316. The second-order valence-electron chi connectivity index (χ2n) is 4.93. The lowest BCUT2D eigenvalue weighted by Crippen LogP contribution is -2.41. The smallest absolute Gasteiger partial charge is 0.294 e. The number of nitro groups is 1. The molecule has 1 unspecified atom stereocenters. The van der Waals surface area contributed by atoms with Gasteiger partial charge in [-0.1, -0.05) is 25.4 Å². The summed E-state index contributed by atoms with van der Waals surface area (Å²) >= 11 is 5.83. The number of nitrogen functional groups attached to an aromatic ring is 1. The molecule has 8 heteroatoms. The van der Waals surface area contributed by atoms with Crippen LogP contribution in [0.3, 0.4) is 0 Å². The summed E-state index contributed by atoms with van der Waals surface area (Å²) in [5, 5.41) is 13.6. The zero-order valence-corrected chi connectivity index (χ0v) is 12.8. The molecule has 0 radical (unpaired) electrons. The number of amides is 1. The quantitative estimate of drug-likeness (QED) is 0.475. The first kappa shape index (κ1) is 17.2. The summed E-state index contributed by atoms with van der Waals surface area (Å²) in [6.45, 7) is 4.21. The molecule has 0 aromatic heterocycles. The van der Waals surface area contributed by atoms with E-state index in [9.17, 15) is 14.9 Å². The second-order valence-corrected chi connectivity index (χ2v) is 5.33. The fraction of sp³-hybridized carbons (Fsp3) is 0.462. The Balaban J connectivity index is 3.05. The van der Waals surface area contributed by atoms with Crippen molar-refractivity contribution < 1.29 is 14.5 Å². The Bertz CT molecular complexity index is 548. The molecule has 0 saturated heterocycles. The number of benzene rings is 1. The van der Waals surface area contributed by atoms with Crippen LogP contribution in [-0.2, 0) is 4.74 Å². The van der Waals surface area contributed by atoms with Crippen LogP contribution in [0, 0.1) is 16.0 Å². The molecule has 0 fully saturated rings. The minimum atomic E-state index is -0.674. The number of hydrogen-bond donors (Lipinski definition) is 2. The topological polar surface area (TPSA) is 107 Å². The monoisotopic (exact) mass is 315 g/mol. The second kappa shape index (κ2) is 7.24. The van der Waals surface area contributed by atoms with Crippen LogP contribution in [0.25, 0.3) is 0 Å². The van der Waals surface area contributed by atoms with Crippen LogP contribution in [0.4, 0.5) is 11.4 Å². The van der Waals surface area contributed by atoms with Gasteiger partial charge in [0.2, 0.25) is 0 Å². The molecule has 0 aliphatic rings. The van der Waals surface area contributed by atoms with E-state index in [4.69, 9.17) is 22.1 Å². The first-order valence-corrected chi connectivity index (χ1v) is 6.69. The molecule has 21 heavy (non-hydrogen) atoms. The first-order chi connectivity index (χ1) is 9.77. The van der Waals surface area contributed by atoms with Crippen LogP contribution < -0.4 is 11.1 Å². The minimum absolute atomic E-state index is 0.0258. The van der Waals surface area contributed by atoms with E-state index >= 15 is 0 Å². The number of carbonyl (C=O) groups excluding carboxylic acids is 1. The summed E-state index contributed by atoms with van der Waals surface area (Å²) < 4.78 is 5.04. The van der Waals surface area contributed by atoms with Gasteiger partial charge in [0, 0.05) is 18.7 Å². The summed E-state index contributed by atoms with van der Waals surface area (Å²) in [6, 6.07) is 2.21. The third kappa shape index (κ3) is 4.30. The lowest BCUT2D eigenvalue weighted by atomic mass is 10.0. The molecule has 0 spiro atoms. The van der Waals surface area contributed by atoms with Crippen molar-refractivity contribution in [3.63, 3.8) is 0 Å². The van der Waals surface area contributed by atoms with Gasteiger partial charge in [-0.05, 0) is 12.0 Å². The van der Waals surface area contributed by atoms with Crippen LogP contribution in [0.1, 0.15) is 24.2 Å². The van der Waals surface area contributed by atoms with Gasteiger partial charge in [-0.3, -0.25) is 14.9 Å². The standard InChI is InChI=1S/C13H18ClN3O4/c1-7(2)10(6-21-3)16-13(18)8-4-9(14)12(15)11(5-8)17(19)20/h4-5,7,10H,6,15H2,1-3H3,(H,16,18). The molecule has 7 nitrogen and oxygen atoms in total. The van der Waals surface area contributed by atoms with Crippen LogP contribution in [-0.4, -0.2) is 30.6 Å². The molecule has 3 N–H and O–H groups in total. The summed E-state index contributed by atoms with van der Waals surface area (Å²) in [7, 11) is 1.53. The van der Waals surface area contributed by atoms with Crippen LogP contribution >= 0.6 is 11.6 Å². The van der Waals surface area contributed by atoms with Crippen molar-refractivity contribution in [2.75, 3.05) is 19.5 Å². The van der Waals surface area contributed by atoms with Crippen LogP contribution in [0.5, 0.6) is 0 Å². The predicted octanol–water partition coefficient (Wildman–Crippen LogP) is 2.23. The fourth-order valence-corrected chi connectivity index (χ4v) is 1.93. The van der Waals surface area contributed by atoms with E-state index in [1.165, 1.54) is 13.2 Å². The van der Waals surface area contributed by atoms with Gasteiger partial charge in [0.1, 0.15) is 5.69 Å². The highest BCUT2D eigenvalue weighted by Gasteiger charge is 2.22. The normalized spacial score (nSPS) is 12.2. The molecule has 1 aromatic rings. The zero-order chi connectivity index (χ0) is 16.2. The lowest BCUT2D eigenvalue weighted by molar-refractivity contribution is -0.383. The highest BCUT2D eigenvalue weighted by atomic mass is 35.5. The van der Waals surface area contributed by atoms with Gasteiger partial charge < -0.3 is 15.8 Å². The van der Waals surface area contributed by atoms with Crippen molar-refractivity contribution in [3.8, 4) is 0 Å². The first-order valence-electron chi connectivity index (χ1n) is 6.31. The summed E-state index contributed by atoms with van der Waals surface area (Å²) in [6.07, 6.45) is 0. The van der Waals surface area contributed by atoms with Gasteiger partial charge in [-0.25, -0.2) is 0 Å². The largest absolute Gasteiger partial charge is 0.392 e. The number of ether oxygens (including phenoxy) is 1. The van der Waals surface area contributed by atoms with E-state index in [0.29, 0.717) is 6.61 Å². The van der Waals surface area contributed by atoms with Crippen molar-refractivity contribution >= 4 is 28.9 Å². The third-order valence-electron chi connectivity index (χ3n) is 3.03. The number of nitrogens with zero attached hydrogens (tertiary/aromatic N) is 1. The number of anilines is 1. The zero-order valence-electron chi connectivity index (χ0n) is 12.1. The van der Waals surface area contributed by atoms with E-state index in [0.717, 1.165) is 6.07 Å². The molecule has 1 atom stereocenters. The lowest BCUT2D eigenvalue weighted by Gasteiger charge is -2.21. The summed E-state index contributed by atoms with van der Waals surface area (Å²) in [4.78, 5) is 22.4. The van der Waals surface area contributed by atoms with E-state index in [1.807, 2.05) is 13.8 Å². The van der Waals surface area contributed by atoms with Gasteiger partial charge in [0.25, 0.3) is 11.6 Å². The van der Waals surface area contributed by atoms with Crippen molar-refractivity contribution in [2.45, 2.75) is 19.9 Å². The number of nitrogens with two attached hydrogens (primary N) is 1. The average molecular weight is 316 g/mol. The van der Waals surface area contributed by atoms with Gasteiger partial charge in [-0.15, -0.1) is 0 Å². The number of methoxy groups -OCH3 is 1. The van der Waals surface area contributed by atoms with Gasteiger partial charge in [0.15, 0.2) is 0 Å². The van der Waals surface area contributed by atoms with Crippen LogP contribution in [0.15, 0.2) is 12.1 Å². The Labute approximate surface area is 127 Å². The van der Waals surface area contributed by atoms with Crippen molar-refractivity contribution in [1.29, 1.82) is 0 Å². The third-order valence-corrected chi connectivity index (χ3v) is 3.35. The maximum atomic E-state index is 12.2. The number of nitrogens with one attached hydrogen (secondary N) is 1. The van der Waals surface area contributed by atoms with Crippen molar-refractivity contribution in [2.24, 2.45) is 5.92 Å². The highest BCUT2D eigenvalue weighted by molar-refractivity contribution is 6.34. The van der Waals surface area contributed by atoms with E-state index in [1.54, 1.807) is 0 Å².